The molecule has 2 aliphatic rings. The van der Waals surface area contributed by atoms with Crippen LogP contribution in [-0.2, 0) is 0 Å². The van der Waals surface area contributed by atoms with Gasteiger partial charge >= 0.3 is 0 Å². The molecule has 5 unspecified atom stereocenters. The quantitative estimate of drug-likeness (QED) is 0.809. The molecule has 0 aromatic carbocycles. The standard InChI is InChI=1S/C16H31NO/c1-4-12-7-8-17-15(9-12)14-10-13(11(2)3)5-6-16(14)18/h11-18H,4-10H2,1-3H3. The Labute approximate surface area is 113 Å². The van der Waals surface area contributed by atoms with Crippen molar-refractivity contribution in [3.05, 3.63) is 0 Å². The Bertz CT molecular complexity index is 253. The molecule has 0 radical (unpaired) electrons. The Morgan fingerprint density at radius 2 is 1.94 bits per heavy atom. The molecule has 2 nitrogen and oxygen atoms in total. The molecule has 0 aromatic heterocycles. The van der Waals surface area contributed by atoms with Crippen molar-refractivity contribution in [2.45, 2.75) is 71.4 Å². The highest BCUT2D eigenvalue weighted by atomic mass is 16.3. The maximum absolute atomic E-state index is 10.3. The monoisotopic (exact) mass is 253 g/mol. The number of nitrogens with one attached hydrogen (secondary N) is 1. The highest BCUT2D eigenvalue weighted by Crippen LogP contribution is 2.38. The van der Waals surface area contributed by atoms with Gasteiger partial charge in [-0.2, -0.15) is 0 Å². The third-order valence-corrected chi connectivity index (χ3v) is 5.49. The third kappa shape index (κ3) is 3.27. The number of piperidine rings is 1. The zero-order chi connectivity index (χ0) is 13.1. The second kappa shape index (κ2) is 6.38. The van der Waals surface area contributed by atoms with Crippen molar-refractivity contribution >= 4 is 0 Å². The summed E-state index contributed by atoms with van der Waals surface area (Å²) in [7, 11) is 0. The minimum atomic E-state index is -0.0619. The van der Waals surface area contributed by atoms with Gasteiger partial charge in [0.2, 0.25) is 0 Å². The van der Waals surface area contributed by atoms with Crippen molar-refractivity contribution in [1.82, 2.24) is 5.32 Å². The number of aliphatic hydroxyl groups excluding tert-OH is 1. The molecule has 2 rings (SSSR count). The fourth-order valence-corrected chi connectivity index (χ4v) is 3.99. The summed E-state index contributed by atoms with van der Waals surface area (Å²) in [6.45, 7) is 8.13. The van der Waals surface area contributed by atoms with E-state index in [-0.39, 0.29) is 6.10 Å². The Balaban J connectivity index is 1.96. The van der Waals surface area contributed by atoms with Crippen LogP contribution < -0.4 is 5.32 Å². The predicted molar refractivity (Wildman–Crippen MR) is 76.5 cm³/mol. The second-order valence-corrected chi connectivity index (χ2v) is 6.91. The lowest BCUT2D eigenvalue weighted by Gasteiger charge is -2.43. The average molecular weight is 253 g/mol. The van der Waals surface area contributed by atoms with Crippen molar-refractivity contribution in [2.24, 2.45) is 23.7 Å². The van der Waals surface area contributed by atoms with Crippen LogP contribution in [0.5, 0.6) is 0 Å². The van der Waals surface area contributed by atoms with Crippen molar-refractivity contribution in [2.75, 3.05) is 6.54 Å². The molecule has 2 heteroatoms. The Morgan fingerprint density at radius 3 is 2.61 bits per heavy atom. The largest absolute Gasteiger partial charge is 0.393 e. The van der Waals surface area contributed by atoms with E-state index in [0.29, 0.717) is 12.0 Å². The number of aliphatic hydroxyl groups is 1. The third-order valence-electron chi connectivity index (χ3n) is 5.49. The van der Waals surface area contributed by atoms with Gasteiger partial charge in [0.1, 0.15) is 0 Å². The van der Waals surface area contributed by atoms with Gasteiger partial charge in [0.15, 0.2) is 0 Å². The van der Waals surface area contributed by atoms with Gasteiger partial charge in [-0.25, -0.2) is 0 Å². The van der Waals surface area contributed by atoms with E-state index in [1.807, 2.05) is 0 Å². The first-order valence-corrected chi connectivity index (χ1v) is 8.03. The normalized spacial score (nSPS) is 42.2. The zero-order valence-corrected chi connectivity index (χ0v) is 12.4. The summed E-state index contributed by atoms with van der Waals surface area (Å²) in [5, 5.41) is 14.0. The molecular weight excluding hydrogens is 222 g/mol. The Morgan fingerprint density at radius 1 is 1.17 bits per heavy atom. The Hall–Kier alpha value is -0.0800. The van der Waals surface area contributed by atoms with E-state index in [0.717, 1.165) is 30.7 Å². The van der Waals surface area contributed by atoms with Crippen LogP contribution in [0.25, 0.3) is 0 Å². The summed E-state index contributed by atoms with van der Waals surface area (Å²) in [4.78, 5) is 0. The second-order valence-electron chi connectivity index (χ2n) is 6.91. The van der Waals surface area contributed by atoms with Crippen molar-refractivity contribution < 1.29 is 5.11 Å². The summed E-state index contributed by atoms with van der Waals surface area (Å²) >= 11 is 0. The first kappa shape index (κ1) is 14.3. The molecule has 0 bridgehead atoms. The highest BCUT2D eigenvalue weighted by molar-refractivity contribution is 4.91. The first-order chi connectivity index (χ1) is 8.61. The fourth-order valence-electron chi connectivity index (χ4n) is 3.99. The van der Waals surface area contributed by atoms with Crippen LogP contribution in [0.4, 0.5) is 0 Å². The number of hydrogen-bond donors (Lipinski definition) is 2. The summed E-state index contributed by atoms with van der Waals surface area (Å²) in [6, 6.07) is 0.570. The minimum absolute atomic E-state index is 0.0619. The van der Waals surface area contributed by atoms with Crippen molar-refractivity contribution in [3.8, 4) is 0 Å². The molecule has 1 saturated heterocycles. The molecule has 0 aromatic rings. The van der Waals surface area contributed by atoms with E-state index >= 15 is 0 Å². The van der Waals surface area contributed by atoms with Crippen LogP contribution >= 0.6 is 0 Å². The molecule has 106 valence electrons. The van der Waals surface area contributed by atoms with E-state index in [9.17, 15) is 5.11 Å². The lowest BCUT2D eigenvalue weighted by molar-refractivity contribution is 0.00857. The average Bonchev–Trinajstić information content (AvgIpc) is 2.39. The van der Waals surface area contributed by atoms with Gasteiger partial charge in [0.05, 0.1) is 6.10 Å². The first-order valence-electron chi connectivity index (χ1n) is 8.03. The van der Waals surface area contributed by atoms with Crippen LogP contribution in [0.15, 0.2) is 0 Å². The van der Waals surface area contributed by atoms with Crippen LogP contribution in [-0.4, -0.2) is 23.8 Å². The molecular formula is C16H31NO. The molecule has 1 saturated carbocycles. The van der Waals surface area contributed by atoms with Crippen LogP contribution in [0, 0.1) is 23.7 Å². The molecule has 18 heavy (non-hydrogen) atoms. The SMILES string of the molecule is CCC1CCNC(C2CC(C(C)C)CCC2O)C1. The van der Waals surface area contributed by atoms with Gasteiger partial charge in [-0.05, 0) is 56.4 Å². The van der Waals surface area contributed by atoms with Gasteiger partial charge in [0, 0.05) is 12.0 Å². The van der Waals surface area contributed by atoms with Gasteiger partial charge in [-0.1, -0.05) is 27.2 Å². The summed E-state index contributed by atoms with van der Waals surface area (Å²) < 4.78 is 0. The highest BCUT2D eigenvalue weighted by Gasteiger charge is 2.37. The van der Waals surface area contributed by atoms with E-state index < -0.39 is 0 Å². The summed E-state index contributed by atoms with van der Waals surface area (Å²) in [5.41, 5.74) is 0. The molecule has 0 spiro atoms. The van der Waals surface area contributed by atoms with Gasteiger partial charge in [-0.15, -0.1) is 0 Å². The van der Waals surface area contributed by atoms with Crippen molar-refractivity contribution in [3.63, 3.8) is 0 Å². The van der Waals surface area contributed by atoms with E-state index in [1.54, 1.807) is 0 Å². The summed E-state index contributed by atoms with van der Waals surface area (Å²) in [5.74, 6) is 2.97. The van der Waals surface area contributed by atoms with Gasteiger partial charge < -0.3 is 10.4 Å². The van der Waals surface area contributed by atoms with Crippen molar-refractivity contribution in [1.29, 1.82) is 0 Å². The Kier molecular flexibility index (Phi) is 5.08. The molecule has 5 atom stereocenters. The molecule has 2 fully saturated rings. The smallest absolute Gasteiger partial charge is 0.0583 e. The van der Waals surface area contributed by atoms with Gasteiger partial charge in [-0.3, -0.25) is 0 Å². The minimum Gasteiger partial charge on any atom is -0.393 e. The fraction of sp³-hybridized carbons (Fsp3) is 1.00. The molecule has 1 heterocycles. The molecule has 0 amide bonds. The van der Waals surface area contributed by atoms with E-state index in [2.05, 4.69) is 26.1 Å². The number of hydrogen-bond acceptors (Lipinski definition) is 2. The molecule has 1 aliphatic heterocycles. The maximum atomic E-state index is 10.3. The molecule has 2 N–H and O–H groups in total. The zero-order valence-electron chi connectivity index (χ0n) is 12.4. The maximum Gasteiger partial charge on any atom is 0.0583 e. The lowest BCUT2D eigenvalue weighted by Crippen LogP contribution is -2.49. The van der Waals surface area contributed by atoms with Crippen LogP contribution in [0.2, 0.25) is 0 Å². The van der Waals surface area contributed by atoms with E-state index in [1.165, 1.54) is 32.1 Å². The van der Waals surface area contributed by atoms with Gasteiger partial charge in [0.25, 0.3) is 0 Å². The van der Waals surface area contributed by atoms with Crippen LogP contribution in [0.1, 0.15) is 59.3 Å². The summed E-state index contributed by atoms with van der Waals surface area (Å²) in [6.07, 6.45) is 7.31. The topological polar surface area (TPSA) is 32.3 Å². The lowest BCUT2D eigenvalue weighted by atomic mass is 9.70. The predicted octanol–water partition coefficient (Wildman–Crippen LogP) is 3.20. The van der Waals surface area contributed by atoms with E-state index in [4.69, 9.17) is 0 Å². The number of rotatable bonds is 3. The molecule has 1 aliphatic carbocycles. The van der Waals surface area contributed by atoms with Crippen LogP contribution in [0.3, 0.4) is 0 Å².